The SMILES string of the molecule is C[N+](C)(C)[C@@H](Cc1cnc(SCC(N)C(=O)O)[nH]1)C(=O)O.[Cl-].[Cl-]. The molecule has 0 saturated carbocycles. The molecule has 0 radical (unpaired) electrons. The van der Waals surface area contributed by atoms with Gasteiger partial charge >= 0.3 is 11.9 Å². The number of hydrogen-bond acceptors (Lipinski definition) is 5. The lowest BCUT2D eigenvalue weighted by molar-refractivity contribution is -0.887. The Morgan fingerprint density at radius 1 is 1.30 bits per heavy atom. The first-order chi connectivity index (χ1) is 9.61. The molecule has 0 bridgehead atoms. The number of nitrogens with one attached hydrogen (secondary N) is 1. The number of imidazole rings is 1. The van der Waals surface area contributed by atoms with Gasteiger partial charge in [0.15, 0.2) is 11.2 Å². The molecule has 0 amide bonds. The summed E-state index contributed by atoms with van der Waals surface area (Å²) in [7, 11) is 5.45. The molecule has 2 atom stereocenters. The number of halogens is 2. The summed E-state index contributed by atoms with van der Waals surface area (Å²) in [6, 6.07) is -1.55. The number of nitrogens with two attached hydrogens (primary N) is 1. The van der Waals surface area contributed by atoms with E-state index in [9.17, 15) is 14.7 Å². The average molecular weight is 388 g/mol. The van der Waals surface area contributed by atoms with E-state index < -0.39 is 24.0 Å². The zero-order valence-electron chi connectivity index (χ0n) is 13.0. The van der Waals surface area contributed by atoms with E-state index in [0.29, 0.717) is 21.8 Å². The van der Waals surface area contributed by atoms with Gasteiger partial charge in [-0.25, -0.2) is 9.78 Å². The number of thioether (sulfide) groups is 1. The Labute approximate surface area is 151 Å². The summed E-state index contributed by atoms with van der Waals surface area (Å²) >= 11 is 1.20. The summed E-state index contributed by atoms with van der Waals surface area (Å²) in [5, 5.41) is 18.5. The highest BCUT2D eigenvalue weighted by Crippen LogP contribution is 2.17. The first-order valence-electron chi connectivity index (χ1n) is 6.30. The zero-order valence-corrected chi connectivity index (χ0v) is 15.3. The van der Waals surface area contributed by atoms with Crippen LogP contribution < -0.4 is 30.5 Å². The van der Waals surface area contributed by atoms with Crippen LogP contribution in [-0.4, -0.2) is 75.6 Å². The minimum Gasteiger partial charge on any atom is -1.00 e. The van der Waals surface area contributed by atoms with E-state index in [1.54, 1.807) is 6.20 Å². The lowest BCUT2D eigenvalue weighted by Crippen LogP contribution is -3.00. The average Bonchev–Trinajstić information content (AvgIpc) is 2.78. The minimum atomic E-state index is -1.06. The number of aromatic amines is 1. The topological polar surface area (TPSA) is 129 Å². The quantitative estimate of drug-likeness (QED) is 0.258. The van der Waals surface area contributed by atoms with Crippen LogP contribution in [0.4, 0.5) is 0 Å². The highest BCUT2D eigenvalue weighted by molar-refractivity contribution is 7.99. The Balaban J connectivity index is 0. The zero-order chi connectivity index (χ0) is 16.2. The van der Waals surface area contributed by atoms with Crippen molar-refractivity contribution in [3.63, 3.8) is 0 Å². The van der Waals surface area contributed by atoms with Crippen LogP contribution in [0.15, 0.2) is 11.4 Å². The Morgan fingerprint density at radius 2 is 1.87 bits per heavy atom. The van der Waals surface area contributed by atoms with Gasteiger partial charge in [0.05, 0.1) is 27.6 Å². The van der Waals surface area contributed by atoms with Crippen molar-refractivity contribution in [1.82, 2.24) is 9.97 Å². The van der Waals surface area contributed by atoms with Crippen molar-refractivity contribution in [3.8, 4) is 0 Å². The first kappa shape index (κ1) is 24.3. The summed E-state index contributed by atoms with van der Waals surface area (Å²) in [5.41, 5.74) is 6.10. The largest absolute Gasteiger partial charge is 1.00 e. The maximum atomic E-state index is 11.3. The van der Waals surface area contributed by atoms with E-state index >= 15 is 0 Å². The van der Waals surface area contributed by atoms with Crippen molar-refractivity contribution in [3.05, 3.63) is 11.9 Å². The van der Waals surface area contributed by atoms with Gasteiger partial charge in [-0.1, -0.05) is 11.8 Å². The summed E-state index contributed by atoms with van der Waals surface area (Å²) in [6.45, 7) is 0. The molecule has 0 aliphatic rings. The summed E-state index contributed by atoms with van der Waals surface area (Å²) in [4.78, 5) is 29.0. The van der Waals surface area contributed by atoms with Gasteiger partial charge in [0, 0.05) is 17.6 Å². The van der Waals surface area contributed by atoms with Crippen molar-refractivity contribution >= 4 is 23.7 Å². The number of likely N-dealkylation sites (N-methyl/N-ethyl adjacent to an activating group) is 1. The summed E-state index contributed by atoms with van der Waals surface area (Å²) in [6.07, 6.45) is 1.89. The predicted octanol–water partition coefficient (Wildman–Crippen LogP) is -6.38. The second kappa shape index (κ2) is 9.99. The van der Waals surface area contributed by atoms with Crippen LogP contribution in [-0.2, 0) is 16.0 Å². The number of hydrogen-bond donors (Lipinski definition) is 4. The third-order valence-electron chi connectivity index (χ3n) is 2.96. The number of nitrogens with zero attached hydrogens (tertiary/aromatic N) is 2. The van der Waals surface area contributed by atoms with Crippen LogP contribution >= 0.6 is 11.8 Å². The smallest absolute Gasteiger partial charge is 0.362 e. The second-order valence-corrected chi connectivity index (χ2v) is 6.65. The number of carboxylic acid groups (broad SMARTS) is 2. The number of carbonyl (C=O) groups is 2. The van der Waals surface area contributed by atoms with Gasteiger partial charge in [-0.3, -0.25) is 4.79 Å². The molecule has 0 aromatic carbocycles. The van der Waals surface area contributed by atoms with Crippen molar-refractivity contribution in [1.29, 1.82) is 0 Å². The number of rotatable bonds is 8. The van der Waals surface area contributed by atoms with Gasteiger partial charge in [-0.2, -0.15) is 0 Å². The van der Waals surface area contributed by atoms with Crippen LogP contribution in [0.2, 0.25) is 0 Å². The Hall–Kier alpha value is -1.00. The fourth-order valence-corrected chi connectivity index (χ4v) is 2.47. The molecule has 11 heteroatoms. The molecule has 134 valence electrons. The molecule has 0 aliphatic heterocycles. The third kappa shape index (κ3) is 7.89. The molecule has 23 heavy (non-hydrogen) atoms. The first-order valence-corrected chi connectivity index (χ1v) is 7.28. The van der Waals surface area contributed by atoms with Gasteiger partial charge < -0.3 is 50.2 Å². The maximum absolute atomic E-state index is 11.3. The molecule has 8 nitrogen and oxygen atoms in total. The Morgan fingerprint density at radius 3 is 2.30 bits per heavy atom. The molecular formula is C12H21Cl2N4O4S-. The van der Waals surface area contributed by atoms with E-state index in [2.05, 4.69) is 9.97 Å². The van der Waals surface area contributed by atoms with E-state index in [1.165, 1.54) is 11.8 Å². The predicted molar refractivity (Wildman–Crippen MR) is 78.1 cm³/mol. The van der Waals surface area contributed by atoms with Crippen LogP contribution in [0, 0.1) is 0 Å². The molecule has 1 aromatic heterocycles. The van der Waals surface area contributed by atoms with Gasteiger partial charge in [0.2, 0.25) is 0 Å². The summed E-state index contributed by atoms with van der Waals surface area (Å²) < 4.78 is 0.292. The van der Waals surface area contributed by atoms with Crippen molar-refractivity contribution in [2.45, 2.75) is 23.7 Å². The minimum absolute atomic E-state index is 0. The van der Waals surface area contributed by atoms with Crippen LogP contribution in [0.5, 0.6) is 0 Å². The van der Waals surface area contributed by atoms with Crippen LogP contribution in [0.3, 0.4) is 0 Å². The van der Waals surface area contributed by atoms with Gasteiger partial charge in [-0.15, -0.1) is 0 Å². The van der Waals surface area contributed by atoms with Crippen molar-refractivity contribution < 1.29 is 49.1 Å². The molecule has 0 fully saturated rings. The Bertz CT molecular complexity index is 521. The number of quaternary nitrogens is 1. The van der Waals surface area contributed by atoms with Crippen LogP contribution in [0.25, 0.3) is 0 Å². The molecule has 1 unspecified atom stereocenters. The molecule has 0 spiro atoms. The normalized spacial score (nSPS) is 13.4. The highest BCUT2D eigenvalue weighted by Gasteiger charge is 2.32. The van der Waals surface area contributed by atoms with E-state index in [1.807, 2.05) is 21.1 Å². The highest BCUT2D eigenvalue weighted by atomic mass is 35.5. The lowest BCUT2D eigenvalue weighted by Gasteiger charge is -2.30. The van der Waals surface area contributed by atoms with Crippen molar-refractivity contribution in [2.75, 3.05) is 26.9 Å². The molecule has 5 N–H and O–H groups in total. The third-order valence-corrected chi connectivity index (χ3v) is 3.96. The Kier molecular flexibility index (Phi) is 10.5. The maximum Gasteiger partial charge on any atom is 0.362 e. The van der Waals surface area contributed by atoms with Crippen LogP contribution in [0.1, 0.15) is 5.69 Å². The lowest BCUT2D eigenvalue weighted by atomic mass is 10.1. The molecule has 1 heterocycles. The number of H-pyrrole nitrogens is 1. The summed E-state index contributed by atoms with van der Waals surface area (Å²) in [5.74, 6) is -1.75. The van der Waals surface area contributed by atoms with Gasteiger partial charge in [0.1, 0.15) is 6.04 Å². The van der Waals surface area contributed by atoms with Gasteiger partial charge in [0.25, 0.3) is 0 Å². The number of aliphatic carboxylic acids is 2. The molecule has 1 aromatic rings. The van der Waals surface area contributed by atoms with E-state index in [-0.39, 0.29) is 30.6 Å². The monoisotopic (exact) mass is 387 g/mol. The molecule has 0 saturated heterocycles. The molecule has 1 rings (SSSR count). The molecule has 0 aliphatic carbocycles. The standard InChI is InChI=1S/C12H20N4O4S.2ClH/c1-16(2,3)9(11(19)20)4-7-5-14-12(15-7)21-6-8(13)10(17)18;;/h5,8-9H,4,6,13H2,1-3H3,(H2-,14,15,17,18,19,20);2*1H/p-1/t8?,9-;;/m0../s1. The van der Waals surface area contributed by atoms with E-state index in [4.69, 9.17) is 10.8 Å². The fourth-order valence-electron chi connectivity index (χ4n) is 1.66. The second-order valence-electron chi connectivity index (χ2n) is 5.64. The number of carboxylic acids is 2. The van der Waals surface area contributed by atoms with Gasteiger partial charge in [-0.05, 0) is 0 Å². The fraction of sp³-hybridized carbons (Fsp3) is 0.583. The molecular weight excluding hydrogens is 367 g/mol. The van der Waals surface area contributed by atoms with E-state index in [0.717, 1.165) is 0 Å². The number of aromatic nitrogens is 2. The van der Waals surface area contributed by atoms with Crippen molar-refractivity contribution in [2.24, 2.45) is 5.73 Å².